The zero-order valence-corrected chi connectivity index (χ0v) is 12.6. The molecule has 1 fully saturated rings. The van der Waals surface area contributed by atoms with E-state index in [0.29, 0.717) is 24.3 Å². The van der Waals surface area contributed by atoms with Crippen LogP contribution in [0.15, 0.2) is 0 Å². The van der Waals surface area contributed by atoms with Crippen molar-refractivity contribution in [1.29, 1.82) is 0 Å². The van der Waals surface area contributed by atoms with Crippen LogP contribution in [-0.2, 0) is 4.79 Å². The molecule has 0 aliphatic heterocycles. The monoisotopic (exact) mass is 272 g/mol. The molecule has 0 saturated heterocycles. The van der Waals surface area contributed by atoms with E-state index in [1.165, 1.54) is 25.7 Å². The molecule has 18 heavy (non-hydrogen) atoms. The van der Waals surface area contributed by atoms with Crippen LogP contribution in [0.4, 0.5) is 0 Å². The topological polar surface area (TPSA) is 55.1 Å². The van der Waals surface area contributed by atoms with E-state index in [0.717, 1.165) is 18.1 Å². The van der Waals surface area contributed by atoms with Gasteiger partial charge >= 0.3 is 0 Å². The second-order valence-electron chi connectivity index (χ2n) is 5.69. The second-order valence-corrected chi connectivity index (χ2v) is 6.79. The third-order valence-corrected chi connectivity index (χ3v) is 4.62. The first kappa shape index (κ1) is 15.8. The molecule has 1 rings (SSSR count). The molecule has 1 amide bonds. The van der Waals surface area contributed by atoms with Gasteiger partial charge in [0.1, 0.15) is 0 Å². The molecule has 1 aliphatic rings. The summed E-state index contributed by atoms with van der Waals surface area (Å²) in [4.78, 5) is 11.8. The highest BCUT2D eigenvalue weighted by Gasteiger charge is 2.24. The molecule has 3 nitrogen and oxygen atoms in total. The number of hydrogen-bond acceptors (Lipinski definition) is 3. The number of nitrogens with one attached hydrogen (secondary N) is 1. The third kappa shape index (κ3) is 6.10. The summed E-state index contributed by atoms with van der Waals surface area (Å²) >= 11 is 1.74. The van der Waals surface area contributed by atoms with Gasteiger partial charge < -0.3 is 11.1 Å². The van der Waals surface area contributed by atoms with Crippen molar-refractivity contribution < 1.29 is 4.79 Å². The predicted molar refractivity (Wildman–Crippen MR) is 79.7 cm³/mol. The standard InChI is InChI=1S/C14H28N2OS/c1-11(2)7-8-18-10-14(17)16-13-6-4-3-5-12(13)9-15/h11-13H,3-10,15H2,1-2H3,(H,16,17). The van der Waals surface area contributed by atoms with E-state index in [9.17, 15) is 4.79 Å². The first-order valence-electron chi connectivity index (χ1n) is 7.20. The van der Waals surface area contributed by atoms with Crippen molar-refractivity contribution in [3.05, 3.63) is 0 Å². The van der Waals surface area contributed by atoms with Gasteiger partial charge in [-0.25, -0.2) is 0 Å². The Kier molecular flexibility index (Phi) is 7.75. The van der Waals surface area contributed by atoms with Crippen molar-refractivity contribution in [3.63, 3.8) is 0 Å². The van der Waals surface area contributed by atoms with E-state index in [-0.39, 0.29) is 5.91 Å². The summed E-state index contributed by atoms with van der Waals surface area (Å²) in [6.07, 6.45) is 5.94. The van der Waals surface area contributed by atoms with Crippen LogP contribution >= 0.6 is 11.8 Å². The summed E-state index contributed by atoms with van der Waals surface area (Å²) in [5.74, 6) is 3.08. The van der Waals surface area contributed by atoms with E-state index < -0.39 is 0 Å². The van der Waals surface area contributed by atoms with Gasteiger partial charge in [-0.3, -0.25) is 4.79 Å². The molecule has 0 aromatic carbocycles. The molecule has 3 N–H and O–H groups in total. The minimum Gasteiger partial charge on any atom is -0.352 e. The van der Waals surface area contributed by atoms with Crippen molar-refractivity contribution in [2.45, 2.75) is 52.0 Å². The summed E-state index contributed by atoms with van der Waals surface area (Å²) in [7, 11) is 0. The van der Waals surface area contributed by atoms with Crippen LogP contribution in [0.2, 0.25) is 0 Å². The van der Waals surface area contributed by atoms with Crippen molar-refractivity contribution in [2.75, 3.05) is 18.1 Å². The molecule has 1 aliphatic carbocycles. The summed E-state index contributed by atoms with van der Waals surface area (Å²) in [6, 6.07) is 0.321. The molecule has 1 saturated carbocycles. The lowest BCUT2D eigenvalue weighted by atomic mass is 9.84. The average molecular weight is 272 g/mol. The molecular weight excluding hydrogens is 244 g/mol. The number of rotatable bonds is 7. The first-order chi connectivity index (χ1) is 8.63. The summed E-state index contributed by atoms with van der Waals surface area (Å²) in [6.45, 7) is 5.13. The molecule has 4 heteroatoms. The Morgan fingerprint density at radius 1 is 1.39 bits per heavy atom. The quantitative estimate of drug-likeness (QED) is 0.700. The Hall–Kier alpha value is -0.220. The molecule has 2 atom stereocenters. The summed E-state index contributed by atoms with van der Waals surface area (Å²) < 4.78 is 0. The Labute approximate surface area is 116 Å². The van der Waals surface area contributed by atoms with Crippen LogP contribution < -0.4 is 11.1 Å². The highest BCUT2D eigenvalue weighted by molar-refractivity contribution is 7.99. The number of carbonyl (C=O) groups is 1. The zero-order valence-electron chi connectivity index (χ0n) is 11.8. The molecule has 0 aromatic heterocycles. The lowest BCUT2D eigenvalue weighted by molar-refractivity contribution is -0.119. The van der Waals surface area contributed by atoms with Gasteiger partial charge in [0.2, 0.25) is 5.91 Å². The number of amides is 1. The van der Waals surface area contributed by atoms with Gasteiger partial charge in [-0.15, -0.1) is 0 Å². The van der Waals surface area contributed by atoms with Gasteiger partial charge in [-0.1, -0.05) is 26.7 Å². The van der Waals surface area contributed by atoms with Crippen molar-refractivity contribution in [1.82, 2.24) is 5.32 Å². The van der Waals surface area contributed by atoms with Gasteiger partial charge in [0, 0.05) is 6.04 Å². The Morgan fingerprint density at radius 3 is 2.78 bits per heavy atom. The van der Waals surface area contributed by atoms with Crippen LogP contribution in [-0.4, -0.2) is 30.0 Å². The first-order valence-corrected chi connectivity index (χ1v) is 8.36. The van der Waals surface area contributed by atoms with Crippen LogP contribution in [0.1, 0.15) is 46.0 Å². The molecule has 0 spiro atoms. The Bertz CT molecular complexity index is 246. The molecule has 106 valence electrons. The second kappa shape index (κ2) is 8.81. The van der Waals surface area contributed by atoms with Crippen LogP contribution in [0.3, 0.4) is 0 Å². The minimum absolute atomic E-state index is 0.189. The van der Waals surface area contributed by atoms with Crippen LogP contribution in [0.5, 0.6) is 0 Å². The van der Waals surface area contributed by atoms with Gasteiger partial charge in [-0.05, 0) is 43.4 Å². The maximum Gasteiger partial charge on any atom is 0.230 e. The SMILES string of the molecule is CC(C)CCSCC(=O)NC1CCCCC1CN. The lowest BCUT2D eigenvalue weighted by Gasteiger charge is -2.31. The van der Waals surface area contributed by atoms with E-state index in [2.05, 4.69) is 19.2 Å². The van der Waals surface area contributed by atoms with Gasteiger partial charge in [0.25, 0.3) is 0 Å². The maximum atomic E-state index is 11.8. The van der Waals surface area contributed by atoms with E-state index >= 15 is 0 Å². The highest BCUT2D eigenvalue weighted by atomic mass is 32.2. The van der Waals surface area contributed by atoms with Crippen molar-refractivity contribution in [2.24, 2.45) is 17.6 Å². The van der Waals surface area contributed by atoms with Crippen molar-refractivity contribution in [3.8, 4) is 0 Å². The molecule has 0 heterocycles. The fourth-order valence-corrected chi connectivity index (χ4v) is 3.46. The van der Waals surface area contributed by atoms with E-state index in [4.69, 9.17) is 5.73 Å². The highest BCUT2D eigenvalue weighted by Crippen LogP contribution is 2.23. The molecular formula is C14H28N2OS. The zero-order chi connectivity index (χ0) is 13.4. The summed E-state index contributed by atoms with van der Waals surface area (Å²) in [5, 5.41) is 3.17. The normalized spacial score (nSPS) is 24.2. The molecule has 0 aromatic rings. The fourth-order valence-electron chi connectivity index (χ4n) is 2.41. The van der Waals surface area contributed by atoms with Gasteiger partial charge in [0.15, 0.2) is 0 Å². The molecule has 2 unspecified atom stereocenters. The fraction of sp³-hybridized carbons (Fsp3) is 0.929. The van der Waals surface area contributed by atoms with Crippen LogP contribution in [0.25, 0.3) is 0 Å². The largest absolute Gasteiger partial charge is 0.352 e. The van der Waals surface area contributed by atoms with E-state index in [1.54, 1.807) is 11.8 Å². The van der Waals surface area contributed by atoms with Crippen LogP contribution in [0, 0.1) is 11.8 Å². The summed E-state index contributed by atoms with van der Waals surface area (Å²) in [5.41, 5.74) is 5.77. The predicted octanol–water partition coefficient (Wildman–Crippen LogP) is 2.40. The van der Waals surface area contributed by atoms with Gasteiger partial charge in [-0.2, -0.15) is 11.8 Å². The molecule has 0 bridgehead atoms. The van der Waals surface area contributed by atoms with E-state index in [1.807, 2.05) is 0 Å². The van der Waals surface area contributed by atoms with Gasteiger partial charge in [0.05, 0.1) is 5.75 Å². The third-order valence-electron chi connectivity index (χ3n) is 3.63. The Balaban J connectivity index is 2.18. The number of hydrogen-bond donors (Lipinski definition) is 2. The minimum atomic E-state index is 0.189. The molecule has 0 radical (unpaired) electrons. The smallest absolute Gasteiger partial charge is 0.230 e. The average Bonchev–Trinajstić information content (AvgIpc) is 2.35. The maximum absolute atomic E-state index is 11.8. The Morgan fingerprint density at radius 2 is 2.11 bits per heavy atom. The number of carbonyl (C=O) groups excluding carboxylic acids is 1. The number of thioether (sulfide) groups is 1. The lowest BCUT2D eigenvalue weighted by Crippen LogP contribution is -2.45. The van der Waals surface area contributed by atoms with Crippen molar-refractivity contribution >= 4 is 17.7 Å². The number of nitrogens with two attached hydrogens (primary N) is 1.